The lowest BCUT2D eigenvalue weighted by Crippen LogP contribution is -2.48. The Hall–Kier alpha value is -4.41. The van der Waals surface area contributed by atoms with E-state index in [-0.39, 0.29) is 11.8 Å². The minimum absolute atomic E-state index is 0.0626. The third-order valence-corrected chi connectivity index (χ3v) is 7.94. The van der Waals surface area contributed by atoms with Crippen molar-refractivity contribution in [1.29, 1.82) is 0 Å². The first-order valence-electron chi connectivity index (χ1n) is 13.8. The molecule has 3 aliphatic heterocycles. The van der Waals surface area contributed by atoms with Gasteiger partial charge in [0.15, 0.2) is 0 Å². The molecule has 1 aromatic heterocycles. The summed E-state index contributed by atoms with van der Waals surface area (Å²) in [6, 6.07) is 16.6. The molecule has 3 aromatic rings. The van der Waals surface area contributed by atoms with Gasteiger partial charge in [0.05, 0.1) is 36.8 Å². The summed E-state index contributed by atoms with van der Waals surface area (Å²) in [7, 11) is 3.42. The molecule has 0 bridgehead atoms. The molecule has 10 nitrogen and oxygen atoms in total. The average Bonchev–Trinajstić information content (AvgIpc) is 3.56. The van der Waals surface area contributed by atoms with E-state index in [2.05, 4.69) is 27.1 Å². The maximum absolute atomic E-state index is 13.3. The normalized spacial score (nSPS) is 19.1. The van der Waals surface area contributed by atoms with Gasteiger partial charge in [-0.2, -0.15) is 0 Å². The predicted molar refractivity (Wildman–Crippen MR) is 156 cm³/mol. The molecule has 2 amide bonds. The van der Waals surface area contributed by atoms with Crippen LogP contribution in [0.2, 0.25) is 0 Å². The van der Waals surface area contributed by atoms with Crippen molar-refractivity contribution in [1.82, 2.24) is 14.8 Å². The van der Waals surface area contributed by atoms with Crippen molar-refractivity contribution in [2.24, 2.45) is 4.99 Å². The number of aliphatic imine (C=N–C) groups is 1. The van der Waals surface area contributed by atoms with Gasteiger partial charge in [0.1, 0.15) is 11.7 Å². The van der Waals surface area contributed by atoms with Crippen molar-refractivity contribution in [2.45, 2.75) is 12.3 Å². The second kappa shape index (κ2) is 11.2. The molecule has 6 rings (SSSR count). The first kappa shape index (κ1) is 26.8. The van der Waals surface area contributed by atoms with Crippen LogP contribution in [0.1, 0.15) is 33.0 Å². The van der Waals surface area contributed by atoms with Gasteiger partial charge in [-0.05, 0) is 48.4 Å². The van der Waals surface area contributed by atoms with Crippen LogP contribution in [0.25, 0.3) is 0 Å². The van der Waals surface area contributed by atoms with Crippen molar-refractivity contribution in [2.75, 3.05) is 63.6 Å². The fourth-order valence-electron chi connectivity index (χ4n) is 5.66. The van der Waals surface area contributed by atoms with Crippen molar-refractivity contribution in [3.63, 3.8) is 0 Å². The highest BCUT2D eigenvalue weighted by Gasteiger charge is 2.36. The van der Waals surface area contributed by atoms with Gasteiger partial charge in [-0.25, -0.2) is 14.8 Å². The molecule has 3 aliphatic rings. The van der Waals surface area contributed by atoms with E-state index in [1.54, 1.807) is 29.3 Å². The van der Waals surface area contributed by atoms with Crippen LogP contribution < -0.4 is 10.2 Å². The number of fused-ring (bicyclic) bond motifs is 2. The van der Waals surface area contributed by atoms with Gasteiger partial charge in [-0.3, -0.25) is 19.4 Å². The fourth-order valence-corrected chi connectivity index (χ4v) is 5.66. The summed E-state index contributed by atoms with van der Waals surface area (Å²) >= 11 is 0. The van der Waals surface area contributed by atoms with Gasteiger partial charge in [0.2, 0.25) is 11.8 Å². The molecule has 0 radical (unpaired) electrons. The Kier molecular flexibility index (Phi) is 7.34. The summed E-state index contributed by atoms with van der Waals surface area (Å²) < 4.78 is 4.84. The van der Waals surface area contributed by atoms with Crippen LogP contribution in [0, 0.1) is 0 Å². The molecule has 1 unspecified atom stereocenters. The predicted octanol–water partition coefficient (Wildman–Crippen LogP) is 2.86. The van der Waals surface area contributed by atoms with Crippen LogP contribution in [0.5, 0.6) is 0 Å². The van der Waals surface area contributed by atoms with Crippen molar-refractivity contribution < 1.29 is 19.1 Å². The maximum atomic E-state index is 13.3. The third kappa shape index (κ3) is 5.36. The number of carbonyl (C=O) groups is 3. The number of hydrogen-bond donors (Lipinski definition) is 1. The number of amides is 2. The number of methoxy groups -OCH3 is 1. The number of esters is 1. The number of carbonyl (C=O) groups excluding carboxylic acids is 3. The smallest absolute Gasteiger partial charge is 0.337 e. The van der Waals surface area contributed by atoms with Gasteiger partial charge in [0.25, 0.3) is 0 Å². The van der Waals surface area contributed by atoms with E-state index in [4.69, 9.17) is 9.73 Å². The molecule has 0 aliphatic carbocycles. The lowest BCUT2D eigenvalue weighted by Gasteiger charge is -2.32. The topological polar surface area (TPSA) is 107 Å². The summed E-state index contributed by atoms with van der Waals surface area (Å²) in [5.74, 6) is -0.618. The Balaban J connectivity index is 1.30. The largest absolute Gasteiger partial charge is 0.465 e. The molecule has 1 atom stereocenters. The summed E-state index contributed by atoms with van der Waals surface area (Å²) in [4.78, 5) is 54.4. The van der Waals surface area contributed by atoms with Crippen LogP contribution in [0.15, 0.2) is 65.8 Å². The van der Waals surface area contributed by atoms with E-state index in [0.29, 0.717) is 48.0 Å². The van der Waals surface area contributed by atoms with Gasteiger partial charge in [-0.1, -0.05) is 36.4 Å². The number of pyridine rings is 1. The first-order valence-corrected chi connectivity index (χ1v) is 13.8. The zero-order chi connectivity index (χ0) is 28.5. The van der Waals surface area contributed by atoms with Crippen LogP contribution in [0.3, 0.4) is 0 Å². The van der Waals surface area contributed by atoms with Gasteiger partial charge in [-0.15, -0.1) is 0 Å². The minimum atomic E-state index is -0.672. The molecule has 210 valence electrons. The van der Waals surface area contributed by atoms with E-state index in [1.165, 1.54) is 7.11 Å². The highest BCUT2D eigenvalue weighted by Crippen LogP contribution is 2.37. The lowest BCUT2D eigenvalue weighted by molar-refractivity contribution is -0.120. The van der Waals surface area contributed by atoms with Crippen LogP contribution in [-0.2, 0) is 20.7 Å². The van der Waals surface area contributed by atoms with Crippen LogP contribution in [0.4, 0.5) is 17.2 Å². The lowest BCUT2D eigenvalue weighted by atomic mass is 9.90. The minimum Gasteiger partial charge on any atom is -0.465 e. The zero-order valence-corrected chi connectivity index (χ0v) is 23.2. The number of ether oxygens (including phenoxy) is 1. The van der Waals surface area contributed by atoms with Crippen LogP contribution >= 0.6 is 0 Å². The molecular formula is C31H32N6O4. The summed E-state index contributed by atoms with van der Waals surface area (Å²) in [6.07, 6.45) is 2.36. The number of rotatable bonds is 6. The number of likely N-dealkylation sites (N-methyl/N-ethyl adjacent to an activating group) is 1. The number of anilines is 2. The first-order chi connectivity index (χ1) is 19.9. The SMILES string of the molecule is COC(=O)c1ccc2c(c1)NC(=O)C2C(=Nc1cnc2c(c1)CCN2C(=O)CN1CCN(C)CC1)c1ccccc1. The van der Waals surface area contributed by atoms with E-state index < -0.39 is 11.9 Å². The van der Waals surface area contributed by atoms with Crippen LogP contribution in [-0.4, -0.2) is 91.7 Å². The number of nitrogens with zero attached hydrogens (tertiary/aromatic N) is 5. The monoisotopic (exact) mass is 552 g/mol. The second-order valence-electron chi connectivity index (χ2n) is 10.6. The third-order valence-electron chi connectivity index (χ3n) is 7.94. The molecule has 2 aromatic carbocycles. The van der Waals surface area contributed by atoms with Crippen molar-refractivity contribution in [3.05, 3.63) is 83.0 Å². The molecule has 0 saturated carbocycles. The van der Waals surface area contributed by atoms with E-state index in [9.17, 15) is 14.4 Å². The Bertz CT molecular complexity index is 1530. The Morgan fingerprint density at radius 1 is 1.02 bits per heavy atom. The molecule has 1 N–H and O–H groups in total. The Labute approximate surface area is 238 Å². The molecule has 10 heteroatoms. The molecule has 0 spiro atoms. The highest BCUT2D eigenvalue weighted by molar-refractivity contribution is 6.24. The standard InChI is InChI=1S/C31H32N6O4/c1-35-12-14-36(15-13-35)19-26(38)37-11-10-21-16-23(18-32-29(21)37)33-28(20-6-4-3-5-7-20)27-24-9-8-22(31(40)41-2)17-25(24)34-30(27)39/h3-9,16-18,27H,10-15,19H2,1-2H3,(H,34,39). The van der Waals surface area contributed by atoms with Crippen molar-refractivity contribution >= 4 is 40.7 Å². The number of hydrogen-bond acceptors (Lipinski definition) is 8. The highest BCUT2D eigenvalue weighted by atomic mass is 16.5. The Morgan fingerprint density at radius 3 is 2.56 bits per heavy atom. The van der Waals surface area contributed by atoms with E-state index >= 15 is 0 Å². The quantitative estimate of drug-likeness (QED) is 0.370. The molecule has 4 heterocycles. The second-order valence-corrected chi connectivity index (χ2v) is 10.6. The number of benzene rings is 2. The number of nitrogens with one attached hydrogen (secondary N) is 1. The molecule has 1 fully saturated rings. The average molecular weight is 553 g/mol. The van der Waals surface area contributed by atoms with E-state index in [1.807, 2.05) is 36.4 Å². The van der Waals surface area contributed by atoms with Gasteiger partial charge in [0, 0.05) is 38.4 Å². The molecule has 1 saturated heterocycles. The molecular weight excluding hydrogens is 520 g/mol. The fraction of sp³-hybridized carbons (Fsp3) is 0.323. The summed E-state index contributed by atoms with van der Waals surface area (Å²) in [5.41, 5.74) is 4.62. The Morgan fingerprint density at radius 2 is 1.80 bits per heavy atom. The molecule has 41 heavy (non-hydrogen) atoms. The van der Waals surface area contributed by atoms with Gasteiger partial charge < -0.3 is 15.0 Å². The van der Waals surface area contributed by atoms with Gasteiger partial charge >= 0.3 is 5.97 Å². The summed E-state index contributed by atoms with van der Waals surface area (Å²) in [6.45, 7) is 4.67. The zero-order valence-electron chi connectivity index (χ0n) is 23.2. The number of aromatic nitrogens is 1. The number of piperazine rings is 1. The summed E-state index contributed by atoms with van der Waals surface area (Å²) in [5, 5.41) is 2.90. The van der Waals surface area contributed by atoms with Crippen molar-refractivity contribution in [3.8, 4) is 0 Å². The van der Waals surface area contributed by atoms with E-state index in [0.717, 1.165) is 42.9 Å². The maximum Gasteiger partial charge on any atom is 0.337 e.